The monoisotopic (exact) mass is 501 g/mol. The maximum absolute atomic E-state index is 13.7. The Morgan fingerprint density at radius 2 is 1.75 bits per heavy atom. The van der Waals surface area contributed by atoms with Gasteiger partial charge in [-0.2, -0.15) is 8.78 Å². The van der Waals surface area contributed by atoms with Crippen LogP contribution in [0, 0.1) is 0 Å². The molecule has 5 rings (SSSR count). The summed E-state index contributed by atoms with van der Waals surface area (Å²) in [4.78, 5) is 20.4. The van der Waals surface area contributed by atoms with Gasteiger partial charge in [0.1, 0.15) is 5.75 Å². The standard InChI is InChI=1S/C27H33F2N3O4/c28-27(29)36-23-6-2-1-5-21(23)18-31-13-9-22(10-14-31)32(16-15-30-11-3-4-12-30)26(33)20-7-8-24-25(17-20)35-19-34-24/h1-2,5-8,17,22,27H,3-4,9-16,18-19H2. The third kappa shape index (κ3) is 5.90. The van der Waals surface area contributed by atoms with Crippen LogP contribution in [0.2, 0.25) is 0 Å². The van der Waals surface area contributed by atoms with Gasteiger partial charge in [0, 0.05) is 49.9 Å². The van der Waals surface area contributed by atoms with Crippen molar-refractivity contribution in [3.63, 3.8) is 0 Å². The van der Waals surface area contributed by atoms with Crippen LogP contribution in [0.3, 0.4) is 0 Å². The molecule has 0 radical (unpaired) electrons. The van der Waals surface area contributed by atoms with Gasteiger partial charge in [-0.15, -0.1) is 0 Å². The molecule has 0 atom stereocenters. The highest BCUT2D eigenvalue weighted by Crippen LogP contribution is 2.33. The molecule has 2 aromatic rings. The van der Waals surface area contributed by atoms with Crippen LogP contribution in [0.5, 0.6) is 17.2 Å². The second-order valence-electron chi connectivity index (χ2n) is 9.61. The molecule has 0 spiro atoms. The SMILES string of the molecule is O=C(c1ccc2c(c1)OCO2)N(CCN1CCCC1)C1CCN(Cc2ccccc2OC(F)F)CC1. The van der Waals surface area contributed by atoms with Crippen molar-refractivity contribution in [2.75, 3.05) is 46.1 Å². The number of hydrogen-bond donors (Lipinski definition) is 0. The van der Waals surface area contributed by atoms with Crippen LogP contribution in [-0.2, 0) is 6.54 Å². The average Bonchev–Trinajstić information content (AvgIpc) is 3.57. The predicted octanol–water partition coefficient (Wildman–Crippen LogP) is 4.22. The molecule has 0 bridgehead atoms. The molecule has 9 heteroatoms. The zero-order valence-electron chi connectivity index (χ0n) is 20.4. The fraction of sp³-hybridized carbons (Fsp3) is 0.519. The first-order valence-electron chi connectivity index (χ1n) is 12.7. The lowest BCUT2D eigenvalue weighted by Gasteiger charge is -2.39. The van der Waals surface area contributed by atoms with Crippen molar-refractivity contribution in [3.8, 4) is 17.2 Å². The number of benzene rings is 2. The molecule has 0 aliphatic carbocycles. The number of alkyl halides is 2. The number of ether oxygens (including phenoxy) is 3. The third-order valence-corrected chi connectivity index (χ3v) is 7.32. The highest BCUT2D eigenvalue weighted by atomic mass is 19.3. The molecule has 3 heterocycles. The van der Waals surface area contributed by atoms with Crippen LogP contribution in [0.4, 0.5) is 8.78 Å². The second kappa shape index (κ2) is 11.4. The Hall–Kier alpha value is -2.91. The van der Waals surface area contributed by atoms with Crippen molar-refractivity contribution in [2.45, 2.75) is 44.9 Å². The summed E-state index contributed by atoms with van der Waals surface area (Å²) < 4.78 is 41.2. The molecule has 0 aromatic heterocycles. The maximum atomic E-state index is 13.7. The first-order chi connectivity index (χ1) is 17.6. The molecule has 3 aliphatic rings. The van der Waals surface area contributed by atoms with Gasteiger partial charge in [-0.3, -0.25) is 9.69 Å². The molecule has 2 aromatic carbocycles. The molecule has 2 fully saturated rings. The van der Waals surface area contributed by atoms with Crippen LogP contribution in [0.15, 0.2) is 42.5 Å². The molecular weight excluding hydrogens is 468 g/mol. The number of amides is 1. The lowest BCUT2D eigenvalue weighted by Crippen LogP contribution is -2.49. The summed E-state index contributed by atoms with van der Waals surface area (Å²) in [6.45, 7) is 3.16. The number of carbonyl (C=O) groups is 1. The fourth-order valence-electron chi connectivity index (χ4n) is 5.38. The summed E-state index contributed by atoms with van der Waals surface area (Å²) in [7, 11) is 0. The lowest BCUT2D eigenvalue weighted by molar-refractivity contribution is -0.0508. The summed E-state index contributed by atoms with van der Waals surface area (Å²) in [6, 6.07) is 12.5. The van der Waals surface area contributed by atoms with Crippen molar-refractivity contribution >= 4 is 5.91 Å². The van der Waals surface area contributed by atoms with E-state index in [1.54, 1.807) is 24.3 Å². The minimum atomic E-state index is -2.84. The van der Waals surface area contributed by atoms with E-state index in [-0.39, 0.29) is 24.5 Å². The number of para-hydroxylation sites is 1. The van der Waals surface area contributed by atoms with Gasteiger partial charge in [0.25, 0.3) is 5.91 Å². The van der Waals surface area contributed by atoms with Crippen molar-refractivity contribution in [1.29, 1.82) is 0 Å². The van der Waals surface area contributed by atoms with E-state index in [1.807, 2.05) is 23.1 Å². The third-order valence-electron chi connectivity index (χ3n) is 7.32. The largest absolute Gasteiger partial charge is 0.454 e. The van der Waals surface area contributed by atoms with E-state index in [0.29, 0.717) is 30.2 Å². The Morgan fingerprint density at radius 3 is 2.53 bits per heavy atom. The zero-order chi connectivity index (χ0) is 24.9. The minimum Gasteiger partial charge on any atom is -0.454 e. The smallest absolute Gasteiger partial charge is 0.387 e. The molecule has 7 nitrogen and oxygen atoms in total. The van der Waals surface area contributed by atoms with Gasteiger partial charge in [-0.25, -0.2) is 0 Å². The molecule has 1 amide bonds. The average molecular weight is 502 g/mol. The van der Waals surface area contributed by atoms with Gasteiger partial charge in [0.2, 0.25) is 6.79 Å². The minimum absolute atomic E-state index is 0.0154. The van der Waals surface area contributed by atoms with Crippen LogP contribution in [0.25, 0.3) is 0 Å². The summed E-state index contributed by atoms with van der Waals surface area (Å²) in [5.41, 5.74) is 1.36. The number of hydrogen-bond acceptors (Lipinski definition) is 6. The van der Waals surface area contributed by atoms with Gasteiger partial charge >= 0.3 is 6.61 Å². The summed E-state index contributed by atoms with van der Waals surface area (Å²) in [6.07, 6.45) is 4.08. The van der Waals surface area contributed by atoms with Gasteiger partial charge in [0.15, 0.2) is 11.5 Å². The quantitative estimate of drug-likeness (QED) is 0.513. The van der Waals surface area contributed by atoms with E-state index in [0.717, 1.165) is 51.1 Å². The zero-order valence-corrected chi connectivity index (χ0v) is 20.4. The molecule has 36 heavy (non-hydrogen) atoms. The number of likely N-dealkylation sites (tertiary alicyclic amines) is 2. The maximum Gasteiger partial charge on any atom is 0.387 e. The molecule has 194 valence electrons. The molecule has 2 saturated heterocycles. The van der Waals surface area contributed by atoms with E-state index in [1.165, 1.54) is 12.8 Å². The lowest BCUT2D eigenvalue weighted by atomic mass is 10.0. The van der Waals surface area contributed by atoms with E-state index < -0.39 is 6.61 Å². The Morgan fingerprint density at radius 1 is 1.00 bits per heavy atom. The normalized spacial score (nSPS) is 18.6. The number of halogens is 2. The van der Waals surface area contributed by atoms with E-state index in [2.05, 4.69) is 9.80 Å². The molecular formula is C27H33F2N3O4. The van der Waals surface area contributed by atoms with Crippen molar-refractivity contribution in [2.24, 2.45) is 0 Å². The van der Waals surface area contributed by atoms with Gasteiger partial charge in [-0.05, 0) is 63.0 Å². The highest BCUT2D eigenvalue weighted by molar-refractivity contribution is 5.95. The first-order valence-corrected chi connectivity index (χ1v) is 12.7. The van der Waals surface area contributed by atoms with E-state index in [9.17, 15) is 13.6 Å². The van der Waals surface area contributed by atoms with Crippen LogP contribution in [-0.4, -0.2) is 79.3 Å². The van der Waals surface area contributed by atoms with Crippen molar-refractivity contribution < 1.29 is 27.8 Å². The number of nitrogens with zero attached hydrogens (tertiary/aromatic N) is 3. The summed E-state index contributed by atoms with van der Waals surface area (Å²) >= 11 is 0. The Labute approximate surface area is 210 Å². The van der Waals surface area contributed by atoms with E-state index >= 15 is 0 Å². The Balaban J connectivity index is 1.25. The number of carbonyl (C=O) groups excluding carboxylic acids is 1. The van der Waals surface area contributed by atoms with Crippen LogP contribution >= 0.6 is 0 Å². The second-order valence-corrected chi connectivity index (χ2v) is 9.61. The van der Waals surface area contributed by atoms with Gasteiger partial charge in [0.05, 0.1) is 0 Å². The summed E-state index contributed by atoms with van der Waals surface area (Å²) in [5, 5.41) is 0. The summed E-state index contributed by atoms with van der Waals surface area (Å²) in [5.74, 6) is 1.51. The molecule has 0 N–H and O–H groups in total. The Bertz CT molecular complexity index is 1040. The number of piperidine rings is 1. The number of fused-ring (bicyclic) bond motifs is 1. The molecule has 0 saturated carbocycles. The molecule has 3 aliphatic heterocycles. The highest BCUT2D eigenvalue weighted by Gasteiger charge is 2.30. The van der Waals surface area contributed by atoms with Gasteiger partial charge < -0.3 is 24.0 Å². The van der Waals surface area contributed by atoms with Crippen LogP contribution in [0.1, 0.15) is 41.6 Å². The van der Waals surface area contributed by atoms with Crippen molar-refractivity contribution in [1.82, 2.24) is 14.7 Å². The fourth-order valence-corrected chi connectivity index (χ4v) is 5.38. The Kier molecular flexibility index (Phi) is 7.87. The first kappa shape index (κ1) is 24.8. The van der Waals surface area contributed by atoms with E-state index in [4.69, 9.17) is 14.2 Å². The number of rotatable bonds is 9. The molecule has 0 unspecified atom stereocenters. The van der Waals surface area contributed by atoms with Gasteiger partial charge in [-0.1, -0.05) is 18.2 Å². The topological polar surface area (TPSA) is 54.5 Å². The van der Waals surface area contributed by atoms with Crippen molar-refractivity contribution in [3.05, 3.63) is 53.6 Å². The predicted molar refractivity (Wildman–Crippen MR) is 131 cm³/mol. The van der Waals surface area contributed by atoms with Crippen LogP contribution < -0.4 is 14.2 Å².